The molecule has 2 aliphatic rings. The molecule has 3 aromatic rings. The van der Waals surface area contributed by atoms with Gasteiger partial charge in [0.05, 0.1) is 29.6 Å². The Hall–Kier alpha value is -3.16. The van der Waals surface area contributed by atoms with Crippen molar-refractivity contribution >= 4 is 22.8 Å². The zero-order valence-electron chi connectivity index (χ0n) is 15.5. The molecule has 2 fully saturated rings. The van der Waals surface area contributed by atoms with E-state index in [1.54, 1.807) is 12.4 Å². The molecule has 5 rings (SSSR count). The third-order valence-corrected chi connectivity index (χ3v) is 5.51. The van der Waals surface area contributed by atoms with Gasteiger partial charge < -0.3 is 14.8 Å². The number of rotatable bonds is 6. The Morgan fingerprint density at radius 2 is 2.14 bits per heavy atom. The number of amides is 2. The van der Waals surface area contributed by atoms with E-state index in [2.05, 4.69) is 20.5 Å². The van der Waals surface area contributed by atoms with E-state index >= 15 is 0 Å². The third kappa shape index (κ3) is 3.26. The summed E-state index contributed by atoms with van der Waals surface area (Å²) < 4.78 is 2.02. The Kier molecular flexibility index (Phi) is 4.11. The van der Waals surface area contributed by atoms with Crippen LogP contribution in [0.15, 0.2) is 36.7 Å². The molecule has 144 valence electrons. The lowest BCUT2D eigenvalue weighted by molar-refractivity contribution is -0.128. The Morgan fingerprint density at radius 3 is 3.00 bits per heavy atom. The number of nitrogens with one attached hydrogen (secondary N) is 2. The predicted molar refractivity (Wildman–Crippen MR) is 103 cm³/mol. The summed E-state index contributed by atoms with van der Waals surface area (Å²) in [5.74, 6) is 0.194. The summed E-state index contributed by atoms with van der Waals surface area (Å²) in [5, 5.41) is 10.00. The van der Waals surface area contributed by atoms with E-state index in [-0.39, 0.29) is 17.7 Å². The van der Waals surface area contributed by atoms with E-state index in [0.29, 0.717) is 31.2 Å². The molecule has 2 aromatic heterocycles. The quantitative estimate of drug-likeness (QED) is 0.680. The summed E-state index contributed by atoms with van der Waals surface area (Å²) in [6.07, 6.45) is 4.55. The van der Waals surface area contributed by atoms with Crippen LogP contribution < -0.4 is 5.32 Å². The first-order valence-corrected chi connectivity index (χ1v) is 9.69. The summed E-state index contributed by atoms with van der Waals surface area (Å²) in [7, 11) is 0. The molecule has 1 saturated carbocycles. The molecule has 0 spiro atoms. The summed E-state index contributed by atoms with van der Waals surface area (Å²) in [4.78, 5) is 30.8. The molecular formula is C20H22N6O2. The van der Waals surface area contributed by atoms with Crippen LogP contribution in [0.5, 0.6) is 0 Å². The number of benzene rings is 1. The average molecular weight is 378 g/mol. The van der Waals surface area contributed by atoms with Crippen LogP contribution in [0.1, 0.15) is 35.4 Å². The van der Waals surface area contributed by atoms with Gasteiger partial charge in [0.25, 0.3) is 5.91 Å². The number of hydrogen-bond donors (Lipinski definition) is 2. The standard InChI is InChI=1S/C20H22N6O2/c27-19-7-13(10-26(19)15-5-6-15)9-21-20(28)17-8-14(23-24-17)11-25-12-22-16-3-1-2-4-18(16)25/h1-4,8,12-13,15H,5-7,9-11H2,(H,21,28)(H,23,24). The number of carbonyl (C=O) groups excluding carboxylic acids is 2. The van der Waals surface area contributed by atoms with Crippen LogP contribution in [0.2, 0.25) is 0 Å². The minimum atomic E-state index is -0.213. The van der Waals surface area contributed by atoms with E-state index in [1.165, 1.54) is 0 Å². The molecule has 8 nitrogen and oxygen atoms in total. The first kappa shape index (κ1) is 17.0. The maximum atomic E-state index is 12.4. The SMILES string of the molecule is O=C(NCC1CC(=O)N(C2CC2)C1)c1cc(Cn2cnc3ccccc32)[nH]n1. The topological polar surface area (TPSA) is 95.9 Å². The van der Waals surface area contributed by atoms with Gasteiger partial charge in [-0.25, -0.2) is 4.98 Å². The van der Waals surface area contributed by atoms with Gasteiger partial charge in [0.2, 0.25) is 5.91 Å². The second kappa shape index (κ2) is 6.78. The molecule has 1 aliphatic carbocycles. The predicted octanol–water partition coefficient (Wildman–Crippen LogP) is 1.55. The van der Waals surface area contributed by atoms with E-state index in [1.807, 2.05) is 33.7 Å². The highest BCUT2D eigenvalue weighted by atomic mass is 16.2. The molecule has 1 unspecified atom stereocenters. The normalized spacial score (nSPS) is 19.5. The first-order chi connectivity index (χ1) is 13.7. The van der Waals surface area contributed by atoms with Crippen molar-refractivity contribution < 1.29 is 9.59 Å². The molecule has 0 radical (unpaired) electrons. The number of fused-ring (bicyclic) bond motifs is 1. The van der Waals surface area contributed by atoms with E-state index in [4.69, 9.17) is 0 Å². The number of para-hydroxylation sites is 2. The lowest BCUT2D eigenvalue weighted by atomic mass is 10.1. The zero-order chi connectivity index (χ0) is 19.1. The van der Waals surface area contributed by atoms with E-state index in [9.17, 15) is 9.59 Å². The maximum Gasteiger partial charge on any atom is 0.271 e. The highest BCUT2D eigenvalue weighted by molar-refractivity contribution is 5.92. The minimum absolute atomic E-state index is 0.188. The van der Waals surface area contributed by atoms with Crippen LogP contribution in [0.3, 0.4) is 0 Å². The zero-order valence-corrected chi connectivity index (χ0v) is 15.5. The number of carbonyl (C=O) groups is 2. The van der Waals surface area contributed by atoms with Gasteiger partial charge in [-0.2, -0.15) is 5.10 Å². The second-order valence-electron chi connectivity index (χ2n) is 7.70. The highest BCUT2D eigenvalue weighted by Crippen LogP contribution is 2.32. The number of likely N-dealkylation sites (tertiary alicyclic amines) is 1. The Balaban J connectivity index is 1.19. The van der Waals surface area contributed by atoms with Crippen molar-refractivity contribution in [2.24, 2.45) is 5.92 Å². The molecule has 1 saturated heterocycles. The smallest absolute Gasteiger partial charge is 0.271 e. The number of imidazole rings is 1. The van der Waals surface area contributed by atoms with Crippen LogP contribution in [-0.2, 0) is 11.3 Å². The average Bonchev–Trinajstić information content (AvgIpc) is 3.12. The van der Waals surface area contributed by atoms with Gasteiger partial charge in [0.15, 0.2) is 0 Å². The number of H-pyrrole nitrogens is 1. The van der Waals surface area contributed by atoms with Gasteiger partial charge >= 0.3 is 0 Å². The van der Waals surface area contributed by atoms with Crippen LogP contribution in [0.4, 0.5) is 0 Å². The summed E-state index contributed by atoms with van der Waals surface area (Å²) in [6.45, 7) is 1.82. The van der Waals surface area contributed by atoms with Gasteiger partial charge in [0.1, 0.15) is 5.69 Å². The van der Waals surface area contributed by atoms with E-state index < -0.39 is 0 Å². The maximum absolute atomic E-state index is 12.4. The van der Waals surface area contributed by atoms with Crippen LogP contribution in [-0.4, -0.2) is 55.6 Å². The van der Waals surface area contributed by atoms with Crippen LogP contribution in [0, 0.1) is 5.92 Å². The highest BCUT2D eigenvalue weighted by Gasteiger charge is 2.39. The summed E-state index contributed by atoms with van der Waals surface area (Å²) >= 11 is 0. The molecular weight excluding hydrogens is 356 g/mol. The van der Waals surface area contributed by atoms with Gasteiger partial charge in [0, 0.05) is 31.5 Å². The van der Waals surface area contributed by atoms with Gasteiger partial charge in [-0.3, -0.25) is 14.7 Å². The third-order valence-electron chi connectivity index (χ3n) is 5.51. The molecule has 1 aliphatic heterocycles. The molecule has 0 bridgehead atoms. The number of nitrogens with zero attached hydrogens (tertiary/aromatic N) is 4. The Morgan fingerprint density at radius 1 is 1.29 bits per heavy atom. The van der Waals surface area contributed by atoms with Gasteiger partial charge in [-0.1, -0.05) is 12.1 Å². The second-order valence-corrected chi connectivity index (χ2v) is 7.70. The molecule has 2 N–H and O–H groups in total. The van der Waals surface area contributed by atoms with Crippen molar-refractivity contribution in [1.29, 1.82) is 0 Å². The van der Waals surface area contributed by atoms with Crippen molar-refractivity contribution in [2.45, 2.75) is 31.8 Å². The molecule has 2 amide bonds. The molecule has 1 aromatic carbocycles. The largest absolute Gasteiger partial charge is 0.350 e. The fourth-order valence-electron chi connectivity index (χ4n) is 3.89. The Bertz CT molecular complexity index is 1030. The van der Waals surface area contributed by atoms with Gasteiger partial charge in [-0.15, -0.1) is 0 Å². The van der Waals surface area contributed by atoms with Crippen molar-refractivity contribution in [2.75, 3.05) is 13.1 Å². The number of aromatic amines is 1. The van der Waals surface area contributed by atoms with Gasteiger partial charge in [-0.05, 0) is 31.0 Å². The monoisotopic (exact) mass is 378 g/mol. The first-order valence-electron chi connectivity index (χ1n) is 9.69. The van der Waals surface area contributed by atoms with Crippen molar-refractivity contribution in [3.05, 3.63) is 48.0 Å². The summed E-state index contributed by atoms with van der Waals surface area (Å²) in [5.41, 5.74) is 3.17. The Labute approximate surface area is 161 Å². The lowest BCUT2D eigenvalue weighted by Crippen LogP contribution is -2.32. The number of aromatic nitrogens is 4. The minimum Gasteiger partial charge on any atom is -0.350 e. The number of hydrogen-bond acceptors (Lipinski definition) is 4. The molecule has 1 atom stereocenters. The van der Waals surface area contributed by atoms with Crippen molar-refractivity contribution in [1.82, 2.24) is 30.0 Å². The molecule has 3 heterocycles. The fraction of sp³-hybridized carbons (Fsp3) is 0.400. The molecule has 8 heteroatoms. The fourth-order valence-corrected chi connectivity index (χ4v) is 3.89. The van der Waals surface area contributed by atoms with Crippen molar-refractivity contribution in [3.63, 3.8) is 0 Å². The van der Waals surface area contributed by atoms with Crippen LogP contribution >= 0.6 is 0 Å². The molecule has 28 heavy (non-hydrogen) atoms. The van der Waals surface area contributed by atoms with Crippen LogP contribution in [0.25, 0.3) is 11.0 Å². The van der Waals surface area contributed by atoms with E-state index in [0.717, 1.165) is 36.1 Å². The lowest BCUT2D eigenvalue weighted by Gasteiger charge is -2.15. The van der Waals surface area contributed by atoms with Crippen molar-refractivity contribution in [3.8, 4) is 0 Å². The summed E-state index contributed by atoms with van der Waals surface area (Å²) in [6, 6.07) is 10.1.